The smallest absolute Gasteiger partial charge is 0.118 e. The van der Waals surface area contributed by atoms with E-state index in [1.54, 1.807) is 7.11 Å². The number of nitrogens with one attached hydrogen (secondary N) is 1. The van der Waals surface area contributed by atoms with Crippen LogP contribution in [0, 0.1) is 11.8 Å². The van der Waals surface area contributed by atoms with E-state index in [1.165, 1.54) is 19.3 Å². The maximum absolute atomic E-state index is 10.6. The summed E-state index contributed by atoms with van der Waals surface area (Å²) in [5.74, 6) is 1.85. The van der Waals surface area contributed by atoms with E-state index in [4.69, 9.17) is 4.74 Å². The number of ether oxygens (including phenoxy) is 1. The van der Waals surface area contributed by atoms with Gasteiger partial charge in [0.25, 0.3) is 0 Å². The number of hydrogen-bond acceptors (Lipinski definition) is 3. The second kappa shape index (κ2) is 7.09. The number of methoxy groups -OCH3 is 1. The van der Waals surface area contributed by atoms with Crippen molar-refractivity contribution in [3.05, 3.63) is 29.8 Å². The van der Waals surface area contributed by atoms with Gasteiger partial charge in [0.15, 0.2) is 0 Å². The Morgan fingerprint density at radius 2 is 2.05 bits per heavy atom. The summed E-state index contributed by atoms with van der Waals surface area (Å²) in [5.41, 5.74) is 0.971. The second-order valence-electron chi connectivity index (χ2n) is 5.94. The number of hydrogen-bond donors (Lipinski definition) is 2. The van der Waals surface area contributed by atoms with Gasteiger partial charge < -0.3 is 15.2 Å². The van der Waals surface area contributed by atoms with Crippen molar-refractivity contribution in [1.82, 2.24) is 5.32 Å². The van der Waals surface area contributed by atoms with Crippen molar-refractivity contribution in [3.63, 3.8) is 0 Å². The third kappa shape index (κ3) is 3.53. The first-order valence-corrected chi connectivity index (χ1v) is 7.71. The molecule has 2 rings (SSSR count). The topological polar surface area (TPSA) is 41.5 Å². The van der Waals surface area contributed by atoms with Gasteiger partial charge in [-0.2, -0.15) is 0 Å². The molecule has 2 N–H and O–H groups in total. The first-order chi connectivity index (χ1) is 9.65. The van der Waals surface area contributed by atoms with Gasteiger partial charge in [0.2, 0.25) is 0 Å². The molecule has 4 atom stereocenters. The van der Waals surface area contributed by atoms with E-state index in [9.17, 15) is 5.11 Å². The minimum absolute atomic E-state index is 0.220. The molecule has 0 aliphatic carbocycles. The summed E-state index contributed by atoms with van der Waals surface area (Å²) in [4.78, 5) is 0. The van der Waals surface area contributed by atoms with Gasteiger partial charge in [-0.3, -0.25) is 0 Å². The first-order valence-electron chi connectivity index (χ1n) is 7.71. The molecule has 0 saturated carbocycles. The van der Waals surface area contributed by atoms with Gasteiger partial charge in [0.1, 0.15) is 5.75 Å². The second-order valence-corrected chi connectivity index (χ2v) is 5.94. The Balaban J connectivity index is 2.01. The Kier molecular flexibility index (Phi) is 5.44. The van der Waals surface area contributed by atoms with Crippen molar-refractivity contribution in [1.29, 1.82) is 0 Å². The summed E-state index contributed by atoms with van der Waals surface area (Å²) < 4.78 is 5.16. The van der Waals surface area contributed by atoms with E-state index < -0.39 is 6.10 Å². The van der Waals surface area contributed by atoms with Crippen LogP contribution in [-0.2, 0) is 0 Å². The molecule has 1 heterocycles. The van der Waals surface area contributed by atoms with Crippen LogP contribution in [0.4, 0.5) is 0 Å². The Morgan fingerprint density at radius 1 is 1.35 bits per heavy atom. The number of aliphatic hydroxyl groups is 1. The van der Waals surface area contributed by atoms with Crippen LogP contribution >= 0.6 is 0 Å². The summed E-state index contributed by atoms with van der Waals surface area (Å²) in [6.07, 6.45) is 3.25. The molecule has 1 fully saturated rings. The minimum atomic E-state index is -0.422. The highest BCUT2D eigenvalue weighted by atomic mass is 16.5. The fraction of sp³-hybridized carbons (Fsp3) is 0.647. The van der Waals surface area contributed by atoms with Gasteiger partial charge >= 0.3 is 0 Å². The Labute approximate surface area is 122 Å². The number of aliphatic hydroxyl groups excluding tert-OH is 1. The summed E-state index contributed by atoms with van der Waals surface area (Å²) >= 11 is 0. The minimum Gasteiger partial charge on any atom is -0.497 e. The molecule has 1 aliphatic rings. The third-order valence-electron chi connectivity index (χ3n) is 4.71. The van der Waals surface area contributed by atoms with Gasteiger partial charge in [-0.25, -0.2) is 0 Å². The van der Waals surface area contributed by atoms with E-state index in [-0.39, 0.29) is 5.92 Å². The monoisotopic (exact) mass is 277 g/mol. The highest BCUT2D eigenvalue weighted by Gasteiger charge is 2.29. The van der Waals surface area contributed by atoms with Crippen LogP contribution in [0.3, 0.4) is 0 Å². The van der Waals surface area contributed by atoms with Crippen LogP contribution in [0.1, 0.15) is 44.8 Å². The molecule has 4 unspecified atom stereocenters. The van der Waals surface area contributed by atoms with E-state index >= 15 is 0 Å². The van der Waals surface area contributed by atoms with Gasteiger partial charge in [-0.15, -0.1) is 0 Å². The van der Waals surface area contributed by atoms with Gasteiger partial charge in [0.05, 0.1) is 13.2 Å². The molecule has 3 nitrogen and oxygen atoms in total. The van der Waals surface area contributed by atoms with Gasteiger partial charge in [-0.05, 0) is 43.0 Å². The molecule has 3 heteroatoms. The van der Waals surface area contributed by atoms with Crippen LogP contribution in [-0.4, -0.2) is 24.8 Å². The highest BCUT2D eigenvalue weighted by molar-refractivity contribution is 5.28. The Morgan fingerprint density at radius 3 is 2.65 bits per heavy atom. The van der Waals surface area contributed by atoms with E-state index in [0.29, 0.717) is 6.04 Å². The van der Waals surface area contributed by atoms with Gasteiger partial charge in [0, 0.05) is 12.0 Å². The normalized spacial score (nSPS) is 26.0. The van der Waals surface area contributed by atoms with Crippen LogP contribution in [0.5, 0.6) is 5.75 Å². The van der Waals surface area contributed by atoms with Crippen molar-refractivity contribution in [3.8, 4) is 5.75 Å². The molecule has 0 bridgehead atoms. The fourth-order valence-electron chi connectivity index (χ4n) is 3.13. The van der Waals surface area contributed by atoms with Crippen molar-refractivity contribution in [2.45, 2.75) is 45.3 Å². The lowest BCUT2D eigenvalue weighted by Gasteiger charge is -2.36. The summed E-state index contributed by atoms with van der Waals surface area (Å²) in [6, 6.07) is 8.15. The molecule has 0 radical (unpaired) electrons. The lowest BCUT2D eigenvalue weighted by Crippen LogP contribution is -2.43. The lowest BCUT2D eigenvalue weighted by molar-refractivity contribution is 0.0779. The first kappa shape index (κ1) is 15.3. The van der Waals surface area contributed by atoms with Crippen molar-refractivity contribution in [2.24, 2.45) is 11.8 Å². The van der Waals surface area contributed by atoms with Gasteiger partial charge in [-0.1, -0.05) is 32.4 Å². The van der Waals surface area contributed by atoms with Crippen molar-refractivity contribution in [2.75, 3.05) is 13.7 Å². The van der Waals surface area contributed by atoms with Crippen LogP contribution < -0.4 is 10.1 Å². The molecule has 1 aromatic rings. The third-order valence-corrected chi connectivity index (χ3v) is 4.71. The van der Waals surface area contributed by atoms with Crippen LogP contribution in [0.15, 0.2) is 24.3 Å². The molecule has 0 amide bonds. The SMILES string of the molecule is CCC1CCNC(C(C)C(O)c2ccc(OC)cc2)C1. The standard InChI is InChI=1S/C17H27NO2/c1-4-13-9-10-18-16(11-13)12(2)17(19)14-5-7-15(20-3)8-6-14/h5-8,12-13,16-19H,4,9-11H2,1-3H3. The molecule has 1 aliphatic heterocycles. The largest absolute Gasteiger partial charge is 0.497 e. The molecule has 1 aromatic carbocycles. The molecular weight excluding hydrogens is 250 g/mol. The summed E-state index contributed by atoms with van der Waals surface area (Å²) in [7, 11) is 1.66. The van der Waals surface area contributed by atoms with Crippen molar-refractivity contribution < 1.29 is 9.84 Å². The van der Waals surface area contributed by atoms with Crippen molar-refractivity contribution >= 4 is 0 Å². The predicted molar refractivity (Wildman–Crippen MR) is 81.9 cm³/mol. The number of benzene rings is 1. The van der Waals surface area contributed by atoms with Crippen LogP contribution in [0.2, 0.25) is 0 Å². The predicted octanol–water partition coefficient (Wildman–Crippen LogP) is 3.14. The molecular formula is C17H27NO2. The summed E-state index contributed by atoms with van der Waals surface area (Å²) in [6.45, 7) is 5.48. The Hall–Kier alpha value is -1.06. The van der Waals surface area contributed by atoms with E-state index in [1.807, 2.05) is 24.3 Å². The average molecular weight is 277 g/mol. The maximum Gasteiger partial charge on any atom is 0.118 e. The van der Waals surface area contributed by atoms with Crippen LogP contribution in [0.25, 0.3) is 0 Å². The molecule has 20 heavy (non-hydrogen) atoms. The average Bonchev–Trinajstić information content (AvgIpc) is 2.53. The molecule has 1 saturated heterocycles. The zero-order valence-corrected chi connectivity index (χ0v) is 12.8. The number of piperidine rings is 1. The summed E-state index contributed by atoms with van der Waals surface area (Å²) in [5, 5.41) is 14.2. The zero-order chi connectivity index (χ0) is 14.5. The van der Waals surface area contributed by atoms with E-state index in [0.717, 1.165) is 23.8 Å². The fourth-order valence-corrected chi connectivity index (χ4v) is 3.13. The lowest BCUT2D eigenvalue weighted by atomic mass is 9.81. The highest BCUT2D eigenvalue weighted by Crippen LogP contribution is 2.31. The quantitative estimate of drug-likeness (QED) is 0.869. The van der Waals surface area contributed by atoms with E-state index in [2.05, 4.69) is 19.2 Å². The molecule has 0 spiro atoms. The number of rotatable bonds is 5. The molecule has 0 aromatic heterocycles. The zero-order valence-electron chi connectivity index (χ0n) is 12.8. The Bertz CT molecular complexity index is 404. The maximum atomic E-state index is 10.6. The molecule has 112 valence electrons.